The van der Waals surface area contributed by atoms with Gasteiger partial charge in [0.2, 0.25) is 0 Å². The molecule has 1 aromatic heterocycles. The second-order valence-corrected chi connectivity index (χ2v) is 6.00. The maximum Gasteiger partial charge on any atom is 0.191 e. The molecule has 0 aliphatic rings. The molecule has 0 atom stereocenters. The van der Waals surface area contributed by atoms with Gasteiger partial charge in [-0.3, -0.25) is 9.67 Å². The van der Waals surface area contributed by atoms with Gasteiger partial charge in [-0.2, -0.15) is 5.10 Å². The first-order valence-electron chi connectivity index (χ1n) is 8.77. The Labute approximate surface area is 159 Å². The molecular formula is C20H24N6O. The summed E-state index contributed by atoms with van der Waals surface area (Å²) < 4.78 is 7.54. The largest absolute Gasteiger partial charge is 0.489 e. The third kappa shape index (κ3) is 5.57. The van der Waals surface area contributed by atoms with Crippen molar-refractivity contribution in [3.63, 3.8) is 0 Å². The molecule has 0 aliphatic heterocycles. The van der Waals surface area contributed by atoms with Gasteiger partial charge in [-0.25, -0.2) is 4.98 Å². The summed E-state index contributed by atoms with van der Waals surface area (Å²) in [5.74, 6) is 2.41. The van der Waals surface area contributed by atoms with E-state index in [-0.39, 0.29) is 0 Å². The van der Waals surface area contributed by atoms with Crippen LogP contribution >= 0.6 is 0 Å². The Morgan fingerprint density at radius 1 is 1.00 bits per heavy atom. The number of rotatable bonds is 7. The molecule has 2 N–H and O–H groups in total. The standard InChI is InChI=1S/C20H24N6O/c1-21-20(23-13-19-24-15-25-26(19)2)22-12-16-8-10-18(11-9-16)27-14-17-6-4-3-5-7-17/h3-11,15H,12-14H2,1-2H3,(H2,21,22,23). The van der Waals surface area contributed by atoms with Crippen LogP contribution in [0, 0.1) is 0 Å². The van der Waals surface area contributed by atoms with Gasteiger partial charge in [-0.1, -0.05) is 42.5 Å². The Bertz CT molecular complexity index is 858. The summed E-state index contributed by atoms with van der Waals surface area (Å²) in [4.78, 5) is 8.41. The summed E-state index contributed by atoms with van der Waals surface area (Å²) in [7, 11) is 3.61. The van der Waals surface area contributed by atoms with Gasteiger partial charge >= 0.3 is 0 Å². The van der Waals surface area contributed by atoms with Gasteiger partial charge in [0, 0.05) is 20.6 Å². The van der Waals surface area contributed by atoms with Crippen LogP contribution in [0.2, 0.25) is 0 Å². The summed E-state index contributed by atoms with van der Waals surface area (Å²) in [5.41, 5.74) is 2.30. The second kappa shape index (κ2) is 9.38. The molecule has 0 amide bonds. The lowest BCUT2D eigenvalue weighted by Gasteiger charge is -2.12. The number of nitrogens with one attached hydrogen (secondary N) is 2. The van der Waals surface area contributed by atoms with Crippen LogP contribution in [0.1, 0.15) is 17.0 Å². The molecule has 2 aromatic carbocycles. The van der Waals surface area contributed by atoms with Gasteiger partial charge in [0.15, 0.2) is 5.96 Å². The maximum atomic E-state index is 5.81. The van der Waals surface area contributed by atoms with Gasteiger partial charge in [-0.05, 0) is 23.3 Å². The van der Waals surface area contributed by atoms with E-state index in [1.807, 2.05) is 49.5 Å². The van der Waals surface area contributed by atoms with Crippen LogP contribution in [-0.2, 0) is 26.7 Å². The van der Waals surface area contributed by atoms with Crippen LogP contribution in [0.25, 0.3) is 0 Å². The number of hydrogen-bond donors (Lipinski definition) is 2. The average Bonchev–Trinajstić information content (AvgIpc) is 3.13. The molecule has 0 radical (unpaired) electrons. The van der Waals surface area contributed by atoms with Crippen molar-refractivity contribution in [3.05, 3.63) is 77.9 Å². The molecule has 0 saturated carbocycles. The minimum atomic E-state index is 0.558. The molecule has 140 valence electrons. The lowest BCUT2D eigenvalue weighted by atomic mass is 10.2. The molecule has 3 aromatic rings. The number of aliphatic imine (C=N–C) groups is 1. The molecule has 7 nitrogen and oxygen atoms in total. The summed E-state index contributed by atoms with van der Waals surface area (Å²) >= 11 is 0. The first-order valence-corrected chi connectivity index (χ1v) is 8.77. The zero-order valence-electron chi connectivity index (χ0n) is 15.6. The van der Waals surface area contributed by atoms with E-state index in [1.54, 1.807) is 11.7 Å². The predicted molar refractivity (Wildman–Crippen MR) is 105 cm³/mol. The van der Waals surface area contributed by atoms with E-state index in [0.29, 0.717) is 25.7 Å². The molecule has 27 heavy (non-hydrogen) atoms. The molecule has 7 heteroatoms. The van der Waals surface area contributed by atoms with Crippen molar-refractivity contribution in [2.75, 3.05) is 7.05 Å². The molecule has 0 spiro atoms. The van der Waals surface area contributed by atoms with Gasteiger partial charge in [-0.15, -0.1) is 0 Å². The number of aryl methyl sites for hydroxylation is 1. The van der Waals surface area contributed by atoms with E-state index in [0.717, 1.165) is 22.7 Å². The minimum absolute atomic E-state index is 0.558. The summed E-state index contributed by atoms with van der Waals surface area (Å²) in [6.07, 6.45) is 1.54. The van der Waals surface area contributed by atoms with Crippen LogP contribution in [0.3, 0.4) is 0 Å². The van der Waals surface area contributed by atoms with Crippen LogP contribution in [-0.4, -0.2) is 27.8 Å². The molecule has 0 bridgehead atoms. The summed E-state index contributed by atoms with van der Waals surface area (Å²) in [6.45, 7) is 1.79. The lowest BCUT2D eigenvalue weighted by molar-refractivity contribution is 0.306. The molecular weight excluding hydrogens is 340 g/mol. The van der Waals surface area contributed by atoms with Gasteiger partial charge in [0.05, 0.1) is 6.54 Å². The lowest BCUT2D eigenvalue weighted by Crippen LogP contribution is -2.36. The van der Waals surface area contributed by atoms with Crippen molar-refractivity contribution < 1.29 is 4.74 Å². The Balaban J connectivity index is 1.45. The van der Waals surface area contributed by atoms with E-state index in [4.69, 9.17) is 4.74 Å². The van der Waals surface area contributed by atoms with E-state index < -0.39 is 0 Å². The van der Waals surface area contributed by atoms with Crippen molar-refractivity contribution in [1.29, 1.82) is 0 Å². The molecule has 0 unspecified atom stereocenters. The topological polar surface area (TPSA) is 76.4 Å². The number of nitrogens with zero attached hydrogens (tertiary/aromatic N) is 4. The van der Waals surface area contributed by atoms with E-state index >= 15 is 0 Å². The van der Waals surface area contributed by atoms with Crippen molar-refractivity contribution in [2.45, 2.75) is 19.7 Å². The highest BCUT2D eigenvalue weighted by molar-refractivity contribution is 5.79. The first-order chi connectivity index (χ1) is 13.2. The fourth-order valence-corrected chi connectivity index (χ4v) is 2.49. The third-order valence-corrected chi connectivity index (χ3v) is 4.07. The molecule has 0 saturated heterocycles. The van der Waals surface area contributed by atoms with Crippen LogP contribution in [0.15, 0.2) is 65.9 Å². The van der Waals surface area contributed by atoms with E-state index in [9.17, 15) is 0 Å². The number of hydrogen-bond acceptors (Lipinski definition) is 4. The number of ether oxygens (including phenoxy) is 1. The Kier molecular flexibility index (Phi) is 6.40. The summed E-state index contributed by atoms with van der Waals surface area (Å²) in [5, 5.41) is 10.6. The zero-order chi connectivity index (χ0) is 18.9. The second-order valence-electron chi connectivity index (χ2n) is 6.00. The Morgan fingerprint density at radius 2 is 1.74 bits per heavy atom. The van der Waals surface area contributed by atoms with Gasteiger partial charge < -0.3 is 15.4 Å². The normalized spacial score (nSPS) is 11.3. The average molecular weight is 364 g/mol. The van der Waals surface area contributed by atoms with Crippen LogP contribution in [0.5, 0.6) is 5.75 Å². The smallest absolute Gasteiger partial charge is 0.191 e. The number of benzene rings is 2. The van der Waals surface area contributed by atoms with E-state index in [2.05, 4.69) is 37.8 Å². The SMILES string of the molecule is CN=C(NCc1ccc(OCc2ccccc2)cc1)NCc1ncnn1C. The number of aromatic nitrogens is 3. The molecule has 1 heterocycles. The van der Waals surface area contributed by atoms with E-state index in [1.165, 1.54) is 6.33 Å². The fourth-order valence-electron chi connectivity index (χ4n) is 2.49. The highest BCUT2D eigenvalue weighted by Gasteiger charge is 2.03. The minimum Gasteiger partial charge on any atom is -0.489 e. The monoisotopic (exact) mass is 364 g/mol. The highest BCUT2D eigenvalue weighted by Crippen LogP contribution is 2.14. The van der Waals surface area contributed by atoms with Crippen molar-refractivity contribution in [2.24, 2.45) is 12.0 Å². The van der Waals surface area contributed by atoms with Crippen molar-refractivity contribution in [1.82, 2.24) is 25.4 Å². The van der Waals surface area contributed by atoms with Crippen LogP contribution < -0.4 is 15.4 Å². The Hall–Kier alpha value is -3.35. The molecule has 0 aliphatic carbocycles. The van der Waals surface area contributed by atoms with Crippen molar-refractivity contribution in [3.8, 4) is 5.75 Å². The van der Waals surface area contributed by atoms with Gasteiger partial charge in [0.1, 0.15) is 24.5 Å². The third-order valence-electron chi connectivity index (χ3n) is 4.07. The maximum absolute atomic E-state index is 5.81. The van der Waals surface area contributed by atoms with Crippen LogP contribution in [0.4, 0.5) is 0 Å². The Morgan fingerprint density at radius 3 is 2.41 bits per heavy atom. The highest BCUT2D eigenvalue weighted by atomic mass is 16.5. The molecule has 0 fully saturated rings. The fraction of sp³-hybridized carbons (Fsp3) is 0.250. The predicted octanol–water partition coefficient (Wildman–Crippen LogP) is 2.26. The van der Waals surface area contributed by atoms with Gasteiger partial charge in [0.25, 0.3) is 0 Å². The molecule has 3 rings (SSSR count). The quantitative estimate of drug-likeness (QED) is 0.497. The number of guanidine groups is 1. The van der Waals surface area contributed by atoms with Crippen molar-refractivity contribution >= 4 is 5.96 Å². The first kappa shape index (κ1) is 18.4. The summed E-state index contributed by atoms with van der Waals surface area (Å²) in [6, 6.07) is 18.2. The zero-order valence-corrected chi connectivity index (χ0v) is 15.6.